The average molecular weight is 316 g/mol. The van der Waals surface area contributed by atoms with Crippen molar-refractivity contribution in [2.75, 3.05) is 12.3 Å². The minimum absolute atomic E-state index is 0.0660. The van der Waals surface area contributed by atoms with E-state index in [0.717, 1.165) is 5.39 Å². The third-order valence-electron chi connectivity index (χ3n) is 3.46. The first-order valence-electron chi connectivity index (χ1n) is 8.55. The predicted octanol–water partition coefficient (Wildman–Crippen LogP) is 2.47. The van der Waals surface area contributed by atoms with Gasteiger partial charge in [0.15, 0.2) is 5.82 Å². The lowest BCUT2D eigenvalue weighted by Gasteiger charge is -2.20. The number of pyridine rings is 1. The maximum atomic E-state index is 10.4. The molecule has 6 nitrogen and oxygen atoms in total. The van der Waals surface area contributed by atoms with E-state index >= 15 is 0 Å². The highest BCUT2D eigenvalue weighted by atomic mass is 16.5. The minimum atomic E-state index is -2.12. The first-order valence-corrected chi connectivity index (χ1v) is 7.55. The maximum Gasteiger partial charge on any atom is 0.152 e. The summed E-state index contributed by atoms with van der Waals surface area (Å²) in [6.45, 7) is 3.24. The van der Waals surface area contributed by atoms with Gasteiger partial charge in [-0.25, -0.2) is 9.97 Å². The van der Waals surface area contributed by atoms with Crippen LogP contribution in [-0.2, 0) is 17.8 Å². The van der Waals surface area contributed by atoms with E-state index in [9.17, 15) is 5.11 Å². The normalized spacial score (nSPS) is 14.3. The van der Waals surface area contributed by atoms with Crippen molar-refractivity contribution < 1.29 is 12.6 Å². The zero-order chi connectivity index (χ0) is 18.4. The lowest BCUT2D eigenvalue weighted by Crippen LogP contribution is -2.27. The lowest BCUT2D eigenvalue weighted by molar-refractivity contribution is 0.0582. The number of hydrogen-bond donors (Lipinski definition) is 2. The smallest absolute Gasteiger partial charge is 0.152 e. The Bertz CT molecular complexity index is 932. The Morgan fingerprint density at radius 3 is 2.78 bits per heavy atom. The van der Waals surface area contributed by atoms with Crippen molar-refractivity contribution in [3.63, 3.8) is 0 Å². The lowest BCUT2D eigenvalue weighted by atomic mass is 10.1. The maximum absolute atomic E-state index is 10.4. The highest BCUT2D eigenvalue weighted by Crippen LogP contribution is 2.30. The molecule has 6 heteroatoms. The summed E-state index contributed by atoms with van der Waals surface area (Å²) in [5.41, 5.74) is 6.73. The SMILES string of the molecule is [2H]C([2H])(OCC)c1nc2c(N)nc3ccccc3c2n1CC(C)(C)O. The van der Waals surface area contributed by atoms with E-state index in [1.165, 1.54) is 0 Å². The molecular weight excluding hydrogens is 292 g/mol. The second-order valence-electron chi connectivity index (χ2n) is 6.08. The molecule has 2 aromatic heterocycles. The van der Waals surface area contributed by atoms with Gasteiger partial charge in [0, 0.05) is 12.0 Å². The first-order chi connectivity index (χ1) is 11.6. The molecule has 0 saturated carbocycles. The van der Waals surface area contributed by atoms with Crippen molar-refractivity contribution in [1.29, 1.82) is 0 Å². The number of hydrogen-bond acceptors (Lipinski definition) is 5. The van der Waals surface area contributed by atoms with Gasteiger partial charge in [0.2, 0.25) is 0 Å². The largest absolute Gasteiger partial charge is 0.389 e. The summed E-state index contributed by atoms with van der Waals surface area (Å²) in [4.78, 5) is 8.76. The number of nitrogen functional groups attached to an aromatic ring is 1. The zero-order valence-corrected chi connectivity index (χ0v) is 13.5. The zero-order valence-electron chi connectivity index (χ0n) is 15.5. The molecule has 3 N–H and O–H groups in total. The molecule has 0 unspecified atom stereocenters. The number of anilines is 1. The Hall–Kier alpha value is -2.18. The molecular formula is C17H22N4O2. The molecule has 0 aliphatic carbocycles. The molecule has 0 saturated heterocycles. The number of para-hydroxylation sites is 1. The molecule has 23 heavy (non-hydrogen) atoms. The molecule has 1 aromatic carbocycles. The van der Waals surface area contributed by atoms with Crippen LogP contribution in [0.5, 0.6) is 0 Å². The second kappa shape index (κ2) is 5.79. The van der Waals surface area contributed by atoms with E-state index in [1.54, 1.807) is 25.3 Å². The van der Waals surface area contributed by atoms with Gasteiger partial charge >= 0.3 is 0 Å². The summed E-state index contributed by atoms with van der Waals surface area (Å²) in [5.74, 6) is 0.285. The van der Waals surface area contributed by atoms with Crippen LogP contribution < -0.4 is 5.73 Å². The molecule has 0 amide bonds. The van der Waals surface area contributed by atoms with Crippen molar-refractivity contribution in [2.45, 2.75) is 39.5 Å². The highest BCUT2D eigenvalue weighted by molar-refractivity contribution is 6.06. The Morgan fingerprint density at radius 1 is 1.35 bits per heavy atom. The molecule has 3 aromatic rings. The number of fused-ring (bicyclic) bond motifs is 3. The molecule has 122 valence electrons. The molecule has 0 atom stereocenters. The number of aliphatic hydroxyl groups is 1. The molecule has 0 fully saturated rings. The van der Waals surface area contributed by atoms with Crippen molar-refractivity contribution in [1.82, 2.24) is 14.5 Å². The molecule has 0 aliphatic heterocycles. The number of rotatable bonds is 5. The van der Waals surface area contributed by atoms with E-state index < -0.39 is 12.2 Å². The highest BCUT2D eigenvalue weighted by Gasteiger charge is 2.22. The van der Waals surface area contributed by atoms with Crippen LogP contribution >= 0.6 is 0 Å². The van der Waals surface area contributed by atoms with Crippen LogP contribution in [0.1, 0.15) is 29.3 Å². The van der Waals surface area contributed by atoms with Crippen molar-refractivity contribution in [2.24, 2.45) is 0 Å². The fourth-order valence-electron chi connectivity index (χ4n) is 2.61. The molecule has 0 bridgehead atoms. The third-order valence-corrected chi connectivity index (χ3v) is 3.46. The van der Waals surface area contributed by atoms with Gasteiger partial charge < -0.3 is 20.1 Å². The monoisotopic (exact) mass is 316 g/mol. The molecule has 3 rings (SSSR count). The molecule has 0 aliphatic rings. The fourth-order valence-corrected chi connectivity index (χ4v) is 2.61. The number of ether oxygens (including phenoxy) is 1. The van der Waals surface area contributed by atoms with Gasteiger partial charge in [-0.3, -0.25) is 0 Å². The van der Waals surface area contributed by atoms with Gasteiger partial charge in [-0.15, -0.1) is 0 Å². The van der Waals surface area contributed by atoms with Crippen molar-refractivity contribution >= 4 is 27.8 Å². The van der Waals surface area contributed by atoms with E-state index in [1.807, 2.05) is 24.3 Å². The van der Waals surface area contributed by atoms with Crippen LogP contribution in [0.3, 0.4) is 0 Å². The Kier molecular flexibility index (Phi) is 3.34. The van der Waals surface area contributed by atoms with Crippen LogP contribution in [0, 0.1) is 0 Å². The summed E-state index contributed by atoms with van der Waals surface area (Å²) in [6.07, 6.45) is 0. The van der Waals surface area contributed by atoms with Gasteiger partial charge in [0.05, 0.1) is 25.9 Å². The predicted molar refractivity (Wildman–Crippen MR) is 91.1 cm³/mol. The standard InChI is InChI=1S/C17H22N4O2/c1-4-23-9-13-20-14-15(21(13)10-17(2,3)22)11-7-5-6-8-12(11)19-16(14)18/h5-8,22H,4,9-10H2,1-3H3,(H2,18,19)/i9D2. The van der Waals surface area contributed by atoms with Gasteiger partial charge in [-0.1, -0.05) is 18.2 Å². The minimum Gasteiger partial charge on any atom is -0.389 e. The van der Waals surface area contributed by atoms with E-state index in [2.05, 4.69) is 9.97 Å². The van der Waals surface area contributed by atoms with Crippen molar-refractivity contribution in [3.05, 3.63) is 30.1 Å². The van der Waals surface area contributed by atoms with Gasteiger partial charge in [-0.05, 0) is 26.8 Å². The van der Waals surface area contributed by atoms with Crippen LogP contribution in [0.2, 0.25) is 0 Å². The quantitative estimate of drug-likeness (QED) is 0.755. The van der Waals surface area contributed by atoms with Crippen LogP contribution in [0.25, 0.3) is 21.9 Å². The molecule has 0 spiro atoms. The number of imidazole rings is 1. The Morgan fingerprint density at radius 2 is 2.09 bits per heavy atom. The Balaban J connectivity index is 2.42. The van der Waals surface area contributed by atoms with Gasteiger partial charge in [0.1, 0.15) is 17.9 Å². The van der Waals surface area contributed by atoms with Crippen LogP contribution in [-0.4, -0.2) is 31.8 Å². The fraction of sp³-hybridized carbons (Fsp3) is 0.412. The average Bonchev–Trinajstić information content (AvgIpc) is 2.86. The van der Waals surface area contributed by atoms with Crippen LogP contribution in [0.4, 0.5) is 5.82 Å². The van der Waals surface area contributed by atoms with E-state index in [4.69, 9.17) is 13.2 Å². The summed E-state index contributed by atoms with van der Waals surface area (Å²) in [5, 5.41) is 11.1. The number of benzene rings is 1. The van der Waals surface area contributed by atoms with E-state index in [-0.39, 0.29) is 24.8 Å². The molecule has 0 radical (unpaired) electrons. The first kappa shape index (κ1) is 13.3. The number of aromatic nitrogens is 3. The third kappa shape index (κ3) is 3.00. The summed E-state index contributed by atoms with van der Waals surface area (Å²) >= 11 is 0. The van der Waals surface area contributed by atoms with Crippen LogP contribution in [0.15, 0.2) is 24.3 Å². The summed E-state index contributed by atoms with van der Waals surface area (Å²) < 4.78 is 23.4. The topological polar surface area (TPSA) is 86.2 Å². The number of nitrogens with zero attached hydrogens (tertiary/aromatic N) is 3. The van der Waals surface area contributed by atoms with Crippen molar-refractivity contribution in [3.8, 4) is 0 Å². The number of nitrogens with two attached hydrogens (primary N) is 1. The van der Waals surface area contributed by atoms with E-state index in [0.29, 0.717) is 16.6 Å². The Labute approximate surface area is 137 Å². The summed E-state index contributed by atoms with van der Waals surface area (Å²) in [6, 6.07) is 7.45. The second-order valence-corrected chi connectivity index (χ2v) is 6.08. The van der Waals surface area contributed by atoms with Gasteiger partial charge in [0.25, 0.3) is 0 Å². The molecule has 2 heterocycles. The van der Waals surface area contributed by atoms with Gasteiger partial charge in [-0.2, -0.15) is 0 Å². The summed E-state index contributed by atoms with van der Waals surface area (Å²) in [7, 11) is 0.